The van der Waals surface area contributed by atoms with Gasteiger partial charge in [0.25, 0.3) is 0 Å². The van der Waals surface area contributed by atoms with E-state index < -0.39 is 28.5 Å². The van der Waals surface area contributed by atoms with Crippen LogP contribution in [0.5, 0.6) is 0 Å². The molecule has 22 heavy (non-hydrogen) atoms. The molecule has 6 heteroatoms. The number of hydrogen-bond acceptors (Lipinski definition) is 2. The number of anilines is 1. The van der Waals surface area contributed by atoms with Gasteiger partial charge in [0.2, 0.25) is 5.91 Å². The van der Waals surface area contributed by atoms with Crippen LogP contribution in [0.1, 0.15) is 33.6 Å². The van der Waals surface area contributed by atoms with Crippen LogP contribution in [0.3, 0.4) is 0 Å². The first kappa shape index (κ1) is 16.9. The van der Waals surface area contributed by atoms with E-state index in [2.05, 4.69) is 21.2 Å². The topological polar surface area (TPSA) is 66.4 Å². The van der Waals surface area contributed by atoms with Crippen LogP contribution in [0, 0.1) is 22.6 Å². The predicted molar refractivity (Wildman–Crippen MR) is 85.0 cm³/mol. The maximum absolute atomic E-state index is 13.8. The zero-order chi connectivity index (χ0) is 16.7. The smallest absolute Gasteiger partial charge is 0.309 e. The lowest BCUT2D eigenvalue weighted by Crippen LogP contribution is -2.43. The lowest BCUT2D eigenvalue weighted by Gasteiger charge is -2.37. The van der Waals surface area contributed by atoms with Crippen molar-refractivity contribution in [2.45, 2.75) is 33.6 Å². The average molecular weight is 372 g/mol. The van der Waals surface area contributed by atoms with Crippen LogP contribution in [0.25, 0.3) is 0 Å². The molecule has 4 nitrogen and oxygen atoms in total. The van der Waals surface area contributed by atoms with E-state index in [4.69, 9.17) is 0 Å². The molecule has 2 unspecified atom stereocenters. The highest BCUT2D eigenvalue weighted by Crippen LogP contribution is 2.56. The van der Waals surface area contributed by atoms with Gasteiger partial charge in [-0.15, -0.1) is 0 Å². The van der Waals surface area contributed by atoms with Crippen molar-refractivity contribution in [1.82, 2.24) is 0 Å². The molecule has 1 aromatic rings. The molecule has 120 valence electrons. The number of carboxylic acids is 1. The fourth-order valence-corrected chi connectivity index (χ4v) is 3.49. The largest absolute Gasteiger partial charge is 0.481 e. The molecule has 1 aliphatic carbocycles. The quantitative estimate of drug-likeness (QED) is 0.841. The second kappa shape index (κ2) is 5.65. The molecule has 0 radical (unpaired) electrons. The lowest BCUT2D eigenvalue weighted by atomic mass is 9.65. The minimum absolute atomic E-state index is 0.105. The third kappa shape index (κ3) is 2.64. The molecular formula is C16H19BrFNO3. The number of carbonyl (C=O) groups excluding carboxylic acids is 1. The SMILES string of the molecule is CC1(C(=O)O)CCC(C(=O)Nc2ccc(Br)cc2F)C1(C)C. The van der Waals surface area contributed by atoms with E-state index >= 15 is 0 Å². The molecular weight excluding hydrogens is 353 g/mol. The summed E-state index contributed by atoms with van der Waals surface area (Å²) in [5.41, 5.74) is -1.57. The van der Waals surface area contributed by atoms with Crippen LogP contribution < -0.4 is 5.32 Å². The number of benzene rings is 1. The molecule has 1 aromatic carbocycles. The van der Waals surface area contributed by atoms with Crippen LogP contribution in [-0.4, -0.2) is 17.0 Å². The van der Waals surface area contributed by atoms with Gasteiger partial charge in [0.1, 0.15) is 5.82 Å². The molecule has 0 saturated heterocycles. The molecule has 1 fully saturated rings. The van der Waals surface area contributed by atoms with Crippen molar-refractivity contribution >= 4 is 33.5 Å². The van der Waals surface area contributed by atoms with E-state index in [1.54, 1.807) is 26.8 Å². The summed E-state index contributed by atoms with van der Waals surface area (Å²) in [4.78, 5) is 24.1. The van der Waals surface area contributed by atoms with Crippen molar-refractivity contribution in [2.75, 3.05) is 5.32 Å². The minimum Gasteiger partial charge on any atom is -0.481 e. The van der Waals surface area contributed by atoms with Gasteiger partial charge in [-0.3, -0.25) is 9.59 Å². The Morgan fingerprint density at radius 3 is 2.50 bits per heavy atom. The van der Waals surface area contributed by atoms with Crippen molar-refractivity contribution < 1.29 is 19.1 Å². The number of carbonyl (C=O) groups is 2. The molecule has 0 aromatic heterocycles. The standard InChI is InChI=1S/C16H19BrFNO3/c1-15(2)10(6-7-16(15,3)14(21)22)13(20)19-12-5-4-9(17)8-11(12)18/h4-5,8,10H,6-7H2,1-3H3,(H,19,20)(H,21,22). The Morgan fingerprint density at radius 2 is 2.00 bits per heavy atom. The number of aliphatic carboxylic acids is 1. The summed E-state index contributed by atoms with van der Waals surface area (Å²) in [6, 6.07) is 4.40. The van der Waals surface area contributed by atoms with Crippen molar-refractivity contribution in [3.8, 4) is 0 Å². The van der Waals surface area contributed by atoms with Crippen LogP contribution in [0.2, 0.25) is 0 Å². The van der Waals surface area contributed by atoms with E-state index in [0.717, 1.165) is 0 Å². The fraction of sp³-hybridized carbons (Fsp3) is 0.500. The zero-order valence-electron chi connectivity index (χ0n) is 12.7. The highest BCUT2D eigenvalue weighted by molar-refractivity contribution is 9.10. The maximum atomic E-state index is 13.8. The van der Waals surface area contributed by atoms with Gasteiger partial charge in [-0.2, -0.15) is 0 Å². The predicted octanol–water partition coefficient (Wildman–Crippen LogP) is 4.05. The van der Waals surface area contributed by atoms with Crippen molar-refractivity contribution in [3.05, 3.63) is 28.5 Å². The number of nitrogens with one attached hydrogen (secondary N) is 1. The molecule has 0 heterocycles. The van der Waals surface area contributed by atoms with Crippen molar-refractivity contribution in [3.63, 3.8) is 0 Å². The summed E-state index contributed by atoms with van der Waals surface area (Å²) in [6.45, 7) is 5.25. The van der Waals surface area contributed by atoms with Gasteiger partial charge in [0.15, 0.2) is 0 Å². The monoisotopic (exact) mass is 371 g/mol. The zero-order valence-corrected chi connectivity index (χ0v) is 14.3. The molecule has 0 aliphatic heterocycles. The van der Waals surface area contributed by atoms with Gasteiger partial charge in [0.05, 0.1) is 11.1 Å². The van der Waals surface area contributed by atoms with Gasteiger partial charge in [0, 0.05) is 10.4 Å². The van der Waals surface area contributed by atoms with Gasteiger partial charge < -0.3 is 10.4 Å². The van der Waals surface area contributed by atoms with Crippen LogP contribution >= 0.6 is 15.9 Å². The second-order valence-electron chi connectivity index (χ2n) is 6.56. The highest BCUT2D eigenvalue weighted by atomic mass is 79.9. The summed E-state index contributed by atoms with van der Waals surface area (Å²) in [7, 11) is 0. The van der Waals surface area contributed by atoms with E-state index in [1.165, 1.54) is 12.1 Å². The minimum atomic E-state index is -0.965. The molecule has 0 bridgehead atoms. The van der Waals surface area contributed by atoms with Crippen LogP contribution in [0.4, 0.5) is 10.1 Å². The van der Waals surface area contributed by atoms with E-state index in [9.17, 15) is 19.1 Å². The first-order valence-electron chi connectivity index (χ1n) is 7.09. The Bertz CT molecular complexity index is 632. The number of rotatable bonds is 3. The highest BCUT2D eigenvalue weighted by Gasteiger charge is 2.58. The third-order valence-corrected chi connectivity index (χ3v) is 5.70. The molecule has 2 N–H and O–H groups in total. The first-order chi connectivity index (χ1) is 10.1. The number of halogens is 2. The molecule has 2 rings (SSSR count). The fourth-order valence-electron chi connectivity index (χ4n) is 3.15. The Hall–Kier alpha value is -1.43. The van der Waals surface area contributed by atoms with Crippen molar-refractivity contribution in [1.29, 1.82) is 0 Å². The maximum Gasteiger partial charge on any atom is 0.309 e. The normalized spacial score (nSPS) is 26.7. The molecule has 1 aliphatic rings. The van der Waals surface area contributed by atoms with Crippen LogP contribution in [0.15, 0.2) is 22.7 Å². The van der Waals surface area contributed by atoms with Gasteiger partial charge in [-0.25, -0.2) is 4.39 Å². The Kier molecular flexibility index (Phi) is 4.35. The average Bonchev–Trinajstić information content (AvgIpc) is 2.65. The lowest BCUT2D eigenvalue weighted by molar-refractivity contribution is -0.154. The number of amides is 1. The molecule has 2 atom stereocenters. The third-order valence-electron chi connectivity index (χ3n) is 5.20. The van der Waals surface area contributed by atoms with Crippen molar-refractivity contribution in [2.24, 2.45) is 16.7 Å². The summed E-state index contributed by atoms with van der Waals surface area (Å²) >= 11 is 3.16. The van der Waals surface area contributed by atoms with Gasteiger partial charge >= 0.3 is 5.97 Å². The van der Waals surface area contributed by atoms with E-state index in [1.807, 2.05) is 0 Å². The molecule has 1 amide bonds. The summed E-state index contributed by atoms with van der Waals surface area (Å²) in [5, 5.41) is 12.1. The Labute approximate surface area is 137 Å². The van der Waals surface area contributed by atoms with Gasteiger partial charge in [-0.05, 0) is 43.4 Å². The first-order valence-corrected chi connectivity index (χ1v) is 7.88. The summed E-state index contributed by atoms with van der Waals surface area (Å²) in [5.74, 6) is -2.24. The summed E-state index contributed by atoms with van der Waals surface area (Å²) in [6.07, 6.45) is 0.899. The van der Waals surface area contributed by atoms with Crippen LogP contribution in [-0.2, 0) is 9.59 Å². The molecule has 0 spiro atoms. The second-order valence-corrected chi connectivity index (χ2v) is 7.48. The van der Waals surface area contributed by atoms with E-state index in [0.29, 0.717) is 17.3 Å². The summed E-state index contributed by atoms with van der Waals surface area (Å²) < 4.78 is 14.4. The molecule has 1 saturated carbocycles. The Morgan fingerprint density at radius 1 is 1.36 bits per heavy atom. The number of carboxylic acid groups (broad SMARTS) is 1. The van der Waals surface area contributed by atoms with Gasteiger partial charge in [-0.1, -0.05) is 29.8 Å². The number of hydrogen-bond donors (Lipinski definition) is 2. The van der Waals surface area contributed by atoms with E-state index in [-0.39, 0.29) is 11.6 Å². The Balaban J connectivity index is 2.22.